The van der Waals surface area contributed by atoms with Gasteiger partial charge in [-0.1, -0.05) is 0 Å². The largest absolute Gasteiger partial charge is 0.379 e. The predicted molar refractivity (Wildman–Crippen MR) is 60.2 cm³/mol. The van der Waals surface area contributed by atoms with Gasteiger partial charge in [-0.05, 0) is 13.8 Å². The monoisotopic (exact) mass is 234 g/mol. The van der Waals surface area contributed by atoms with Crippen LogP contribution in [-0.4, -0.2) is 55.1 Å². The topological polar surface area (TPSA) is 41.6 Å². The molecule has 0 aliphatic carbocycles. The van der Waals surface area contributed by atoms with Gasteiger partial charge in [0, 0.05) is 25.2 Å². The predicted octanol–water partition coefficient (Wildman–Crippen LogP) is 0.452. The van der Waals surface area contributed by atoms with Gasteiger partial charge in [0.05, 0.1) is 13.2 Å². The second-order valence-corrected chi connectivity index (χ2v) is 4.59. The maximum Gasteiger partial charge on any atom is 0.234 e. The minimum absolute atomic E-state index is 0.0270. The first kappa shape index (κ1) is 12.7. The van der Waals surface area contributed by atoms with Crippen molar-refractivity contribution in [2.45, 2.75) is 19.4 Å². The van der Waals surface area contributed by atoms with Crippen molar-refractivity contribution in [1.82, 2.24) is 10.2 Å². The van der Waals surface area contributed by atoms with E-state index in [9.17, 15) is 4.79 Å². The van der Waals surface area contributed by atoms with Gasteiger partial charge in [-0.2, -0.15) is 0 Å². The molecule has 0 atom stereocenters. The molecule has 1 aliphatic rings. The Labute approximate surface area is 95.9 Å². The van der Waals surface area contributed by atoms with Gasteiger partial charge in [0.2, 0.25) is 5.91 Å². The summed E-state index contributed by atoms with van der Waals surface area (Å²) in [6.07, 6.45) is 0. The fourth-order valence-corrected chi connectivity index (χ4v) is 1.74. The number of alkyl halides is 1. The molecule has 0 saturated carbocycles. The summed E-state index contributed by atoms with van der Waals surface area (Å²) in [6.45, 7) is 8.24. The summed E-state index contributed by atoms with van der Waals surface area (Å²) in [4.78, 5) is 13.4. The molecule has 1 aliphatic heterocycles. The molecular weight excluding hydrogens is 216 g/mol. The van der Waals surface area contributed by atoms with Gasteiger partial charge in [-0.25, -0.2) is 0 Å². The summed E-state index contributed by atoms with van der Waals surface area (Å²) in [7, 11) is 0. The Morgan fingerprint density at radius 1 is 1.47 bits per heavy atom. The highest BCUT2D eigenvalue weighted by atomic mass is 35.5. The van der Waals surface area contributed by atoms with E-state index < -0.39 is 0 Å². The molecule has 15 heavy (non-hydrogen) atoms. The van der Waals surface area contributed by atoms with Crippen LogP contribution in [0.2, 0.25) is 0 Å². The Kier molecular flexibility index (Phi) is 4.83. The zero-order valence-corrected chi connectivity index (χ0v) is 10.1. The molecule has 1 N–H and O–H groups in total. The smallest absolute Gasteiger partial charge is 0.234 e. The van der Waals surface area contributed by atoms with Crippen LogP contribution < -0.4 is 5.32 Å². The molecule has 1 heterocycles. The van der Waals surface area contributed by atoms with Crippen LogP contribution in [0.15, 0.2) is 0 Å². The van der Waals surface area contributed by atoms with Gasteiger partial charge in [0.1, 0.15) is 5.88 Å². The van der Waals surface area contributed by atoms with E-state index in [0.717, 1.165) is 26.3 Å². The summed E-state index contributed by atoms with van der Waals surface area (Å²) in [5, 5.41) is 2.82. The van der Waals surface area contributed by atoms with E-state index in [2.05, 4.69) is 24.1 Å². The van der Waals surface area contributed by atoms with E-state index in [1.165, 1.54) is 0 Å². The lowest BCUT2D eigenvalue weighted by molar-refractivity contribution is -0.119. The number of morpholine rings is 1. The fraction of sp³-hybridized carbons (Fsp3) is 0.900. The first-order chi connectivity index (χ1) is 7.06. The summed E-state index contributed by atoms with van der Waals surface area (Å²) in [6, 6.07) is 0. The van der Waals surface area contributed by atoms with Crippen molar-refractivity contribution in [3.8, 4) is 0 Å². The van der Waals surface area contributed by atoms with Crippen molar-refractivity contribution in [1.29, 1.82) is 0 Å². The van der Waals surface area contributed by atoms with Crippen LogP contribution in [-0.2, 0) is 9.53 Å². The molecule has 0 aromatic rings. The zero-order valence-electron chi connectivity index (χ0n) is 9.38. The molecule has 1 fully saturated rings. The minimum atomic E-state index is -0.113. The Morgan fingerprint density at radius 3 is 2.60 bits per heavy atom. The Morgan fingerprint density at radius 2 is 2.07 bits per heavy atom. The van der Waals surface area contributed by atoms with E-state index in [1.807, 2.05) is 0 Å². The van der Waals surface area contributed by atoms with E-state index in [1.54, 1.807) is 0 Å². The first-order valence-electron chi connectivity index (χ1n) is 5.22. The number of carbonyl (C=O) groups is 1. The number of hydrogen-bond donors (Lipinski definition) is 1. The maximum atomic E-state index is 11.1. The highest BCUT2D eigenvalue weighted by Gasteiger charge is 2.28. The Hall–Kier alpha value is -0.320. The van der Waals surface area contributed by atoms with Crippen LogP contribution in [0.1, 0.15) is 13.8 Å². The molecule has 1 amide bonds. The van der Waals surface area contributed by atoms with Gasteiger partial charge in [0.25, 0.3) is 0 Å². The Bertz CT molecular complexity index is 215. The standard InChI is InChI=1S/C10H19ClN2O2/c1-10(2,8-12-9(14)7-11)13-3-5-15-6-4-13/h3-8H2,1-2H3,(H,12,14). The third kappa shape index (κ3) is 3.97. The summed E-state index contributed by atoms with van der Waals surface area (Å²) in [5.74, 6) is -0.0860. The molecule has 0 unspecified atom stereocenters. The highest BCUT2D eigenvalue weighted by Crippen LogP contribution is 2.14. The second-order valence-electron chi connectivity index (χ2n) is 4.32. The molecular formula is C10H19ClN2O2. The van der Waals surface area contributed by atoms with E-state index >= 15 is 0 Å². The number of amides is 1. The van der Waals surface area contributed by atoms with Crippen molar-refractivity contribution < 1.29 is 9.53 Å². The molecule has 1 saturated heterocycles. The quantitative estimate of drug-likeness (QED) is 0.719. The lowest BCUT2D eigenvalue weighted by atomic mass is 10.0. The summed E-state index contributed by atoms with van der Waals surface area (Å²) in [5.41, 5.74) is -0.0362. The van der Waals surface area contributed by atoms with Gasteiger partial charge >= 0.3 is 0 Å². The third-order valence-electron chi connectivity index (χ3n) is 2.71. The van der Waals surface area contributed by atoms with E-state index in [0.29, 0.717) is 6.54 Å². The number of hydrogen-bond acceptors (Lipinski definition) is 3. The summed E-state index contributed by atoms with van der Waals surface area (Å²) >= 11 is 5.42. The van der Waals surface area contributed by atoms with Crippen LogP contribution in [0.25, 0.3) is 0 Å². The summed E-state index contributed by atoms with van der Waals surface area (Å²) < 4.78 is 5.29. The van der Waals surface area contributed by atoms with Gasteiger partial charge in [0.15, 0.2) is 0 Å². The molecule has 88 valence electrons. The van der Waals surface area contributed by atoms with E-state index in [4.69, 9.17) is 16.3 Å². The molecule has 0 radical (unpaired) electrons. The molecule has 1 rings (SSSR count). The van der Waals surface area contributed by atoms with Crippen molar-refractivity contribution in [2.75, 3.05) is 38.7 Å². The maximum absolute atomic E-state index is 11.1. The van der Waals surface area contributed by atoms with Crippen molar-refractivity contribution in [3.05, 3.63) is 0 Å². The van der Waals surface area contributed by atoms with Crippen LogP contribution in [0.5, 0.6) is 0 Å². The van der Waals surface area contributed by atoms with Gasteiger partial charge in [-0.3, -0.25) is 9.69 Å². The average molecular weight is 235 g/mol. The number of ether oxygens (including phenoxy) is 1. The van der Waals surface area contributed by atoms with Crippen molar-refractivity contribution >= 4 is 17.5 Å². The molecule has 0 spiro atoms. The van der Waals surface area contributed by atoms with Crippen molar-refractivity contribution in [3.63, 3.8) is 0 Å². The molecule has 0 aromatic heterocycles. The van der Waals surface area contributed by atoms with Crippen LogP contribution >= 0.6 is 11.6 Å². The molecule has 0 bridgehead atoms. The number of nitrogens with one attached hydrogen (secondary N) is 1. The number of carbonyl (C=O) groups excluding carboxylic acids is 1. The molecule has 0 aromatic carbocycles. The van der Waals surface area contributed by atoms with E-state index in [-0.39, 0.29) is 17.3 Å². The zero-order chi connectivity index (χ0) is 11.3. The fourth-order valence-electron chi connectivity index (χ4n) is 1.64. The van der Waals surface area contributed by atoms with Gasteiger partial charge in [-0.15, -0.1) is 11.6 Å². The third-order valence-corrected chi connectivity index (χ3v) is 2.95. The number of halogens is 1. The minimum Gasteiger partial charge on any atom is -0.379 e. The highest BCUT2D eigenvalue weighted by molar-refractivity contribution is 6.27. The molecule has 5 heteroatoms. The molecule has 4 nitrogen and oxygen atoms in total. The van der Waals surface area contributed by atoms with Crippen LogP contribution in [0.3, 0.4) is 0 Å². The lowest BCUT2D eigenvalue weighted by Crippen LogP contribution is -2.55. The van der Waals surface area contributed by atoms with Crippen LogP contribution in [0.4, 0.5) is 0 Å². The lowest BCUT2D eigenvalue weighted by Gasteiger charge is -2.40. The number of rotatable bonds is 4. The number of nitrogens with zero attached hydrogens (tertiary/aromatic N) is 1. The van der Waals surface area contributed by atoms with Crippen molar-refractivity contribution in [2.24, 2.45) is 0 Å². The SMILES string of the molecule is CC(C)(CNC(=O)CCl)N1CCOCC1. The van der Waals surface area contributed by atoms with Crippen LogP contribution in [0, 0.1) is 0 Å². The average Bonchev–Trinajstić information content (AvgIpc) is 2.27. The normalized spacial score (nSPS) is 18.9. The second kappa shape index (κ2) is 5.68. The van der Waals surface area contributed by atoms with Gasteiger partial charge < -0.3 is 10.1 Å². The first-order valence-corrected chi connectivity index (χ1v) is 5.75. The Balaban J connectivity index is 2.38.